The summed E-state index contributed by atoms with van der Waals surface area (Å²) in [5.41, 5.74) is 7.12. The van der Waals surface area contributed by atoms with Gasteiger partial charge in [0.2, 0.25) is 0 Å². The molecule has 0 unspecified atom stereocenters. The molecule has 1 saturated carbocycles. The summed E-state index contributed by atoms with van der Waals surface area (Å²) in [6.07, 6.45) is 6.42. The van der Waals surface area contributed by atoms with Gasteiger partial charge < -0.3 is 5.73 Å². The first-order chi connectivity index (χ1) is 9.20. The minimum atomic E-state index is -0.204. The zero-order valence-electron chi connectivity index (χ0n) is 10.9. The number of hydrogen-bond donors (Lipinski definition) is 1. The minimum absolute atomic E-state index is 0.0503. The summed E-state index contributed by atoms with van der Waals surface area (Å²) >= 11 is 0. The fourth-order valence-corrected chi connectivity index (χ4v) is 3.18. The number of nitrogen functional groups attached to an aromatic ring is 1. The number of nitrogens with zero attached hydrogens (tertiary/aromatic N) is 1. The summed E-state index contributed by atoms with van der Waals surface area (Å²) in [6.45, 7) is 0. The first kappa shape index (κ1) is 12.2. The molecule has 2 N–H and O–H groups in total. The van der Waals surface area contributed by atoms with Crippen molar-refractivity contribution in [3.8, 4) is 0 Å². The van der Waals surface area contributed by atoms with E-state index in [1.165, 1.54) is 17.7 Å². The standard InChI is InChI=1S/C15H18N2O2/c16-12-9-5-8-11-13(12)15(19)17(14(11)18)10-6-3-1-2-4-7-10/h5,8-10H,1-4,6-7,16H2. The molecule has 100 valence electrons. The van der Waals surface area contributed by atoms with Gasteiger partial charge in [0.15, 0.2) is 0 Å². The van der Waals surface area contributed by atoms with Crippen molar-refractivity contribution in [3.63, 3.8) is 0 Å². The van der Waals surface area contributed by atoms with Crippen LogP contribution in [0.2, 0.25) is 0 Å². The van der Waals surface area contributed by atoms with E-state index in [9.17, 15) is 9.59 Å². The number of anilines is 1. The van der Waals surface area contributed by atoms with E-state index in [0.717, 1.165) is 25.7 Å². The van der Waals surface area contributed by atoms with Crippen LogP contribution in [-0.4, -0.2) is 22.8 Å². The van der Waals surface area contributed by atoms with Gasteiger partial charge in [-0.15, -0.1) is 0 Å². The molecule has 0 spiro atoms. The third kappa shape index (κ3) is 1.91. The Balaban J connectivity index is 1.95. The Bertz CT molecular complexity index is 531. The van der Waals surface area contributed by atoms with Gasteiger partial charge in [-0.3, -0.25) is 14.5 Å². The maximum atomic E-state index is 12.5. The average molecular weight is 258 g/mol. The summed E-state index contributed by atoms with van der Waals surface area (Å²) in [5.74, 6) is -0.371. The number of carbonyl (C=O) groups is 2. The Labute approximate surface area is 112 Å². The molecule has 0 bridgehead atoms. The van der Waals surface area contributed by atoms with Crippen LogP contribution in [0.3, 0.4) is 0 Å². The highest BCUT2D eigenvalue weighted by Crippen LogP contribution is 2.32. The van der Waals surface area contributed by atoms with Crippen LogP contribution in [0.15, 0.2) is 18.2 Å². The van der Waals surface area contributed by atoms with Gasteiger partial charge in [-0.2, -0.15) is 0 Å². The van der Waals surface area contributed by atoms with Crippen molar-refractivity contribution in [2.75, 3.05) is 5.73 Å². The van der Waals surface area contributed by atoms with E-state index in [0.29, 0.717) is 16.8 Å². The highest BCUT2D eigenvalue weighted by Gasteiger charge is 2.40. The zero-order chi connectivity index (χ0) is 13.4. The van der Waals surface area contributed by atoms with E-state index in [1.807, 2.05) is 0 Å². The van der Waals surface area contributed by atoms with Gasteiger partial charge >= 0.3 is 0 Å². The Morgan fingerprint density at radius 1 is 1.00 bits per heavy atom. The molecule has 1 aliphatic carbocycles. The van der Waals surface area contributed by atoms with E-state index in [1.54, 1.807) is 18.2 Å². The molecule has 2 aliphatic rings. The molecular weight excluding hydrogens is 240 g/mol. The van der Waals surface area contributed by atoms with Crippen LogP contribution < -0.4 is 5.73 Å². The van der Waals surface area contributed by atoms with Gasteiger partial charge in [-0.25, -0.2) is 0 Å². The van der Waals surface area contributed by atoms with Crippen LogP contribution in [-0.2, 0) is 0 Å². The lowest BCUT2D eigenvalue weighted by atomic mass is 10.1. The van der Waals surface area contributed by atoms with Crippen molar-refractivity contribution in [3.05, 3.63) is 29.3 Å². The van der Waals surface area contributed by atoms with Crippen LogP contribution >= 0.6 is 0 Å². The first-order valence-electron chi connectivity index (χ1n) is 6.96. The zero-order valence-corrected chi connectivity index (χ0v) is 10.9. The maximum absolute atomic E-state index is 12.5. The van der Waals surface area contributed by atoms with Crippen LogP contribution in [0.1, 0.15) is 59.2 Å². The minimum Gasteiger partial charge on any atom is -0.398 e. The van der Waals surface area contributed by atoms with Crippen LogP contribution in [0.5, 0.6) is 0 Å². The lowest BCUT2D eigenvalue weighted by molar-refractivity contribution is 0.0570. The number of carbonyl (C=O) groups excluding carboxylic acids is 2. The SMILES string of the molecule is Nc1cccc2c1C(=O)N(C1CCCCCC1)C2=O. The molecule has 1 fully saturated rings. The third-order valence-electron chi connectivity index (χ3n) is 4.17. The molecule has 19 heavy (non-hydrogen) atoms. The van der Waals surface area contributed by atoms with Crippen LogP contribution in [0.25, 0.3) is 0 Å². The number of rotatable bonds is 1. The fraction of sp³-hybridized carbons (Fsp3) is 0.467. The lowest BCUT2D eigenvalue weighted by Crippen LogP contribution is -2.39. The smallest absolute Gasteiger partial charge is 0.263 e. The summed E-state index contributed by atoms with van der Waals surface area (Å²) in [4.78, 5) is 26.3. The van der Waals surface area contributed by atoms with Crippen molar-refractivity contribution in [2.45, 2.75) is 44.6 Å². The van der Waals surface area contributed by atoms with Crippen LogP contribution in [0.4, 0.5) is 5.69 Å². The third-order valence-corrected chi connectivity index (χ3v) is 4.17. The normalized spacial score (nSPS) is 20.5. The highest BCUT2D eigenvalue weighted by molar-refractivity contribution is 6.23. The Kier molecular flexibility index (Phi) is 3.01. The molecule has 4 heteroatoms. The first-order valence-corrected chi connectivity index (χ1v) is 6.96. The lowest BCUT2D eigenvalue weighted by Gasteiger charge is -2.24. The monoisotopic (exact) mass is 258 g/mol. The quantitative estimate of drug-likeness (QED) is 0.478. The number of fused-ring (bicyclic) bond motifs is 1. The predicted octanol–water partition coefficient (Wildman–Crippen LogP) is 2.59. The molecular formula is C15H18N2O2. The molecule has 1 aromatic carbocycles. The molecule has 4 nitrogen and oxygen atoms in total. The van der Waals surface area contributed by atoms with Crippen molar-refractivity contribution < 1.29 is 9.59 Å². The molecule has 1 aliphatic heterocycles. The van der Waals surface area contributed by atoms with Crippen molar-refractivity contribution in [1.82, 2.24) is 4.90 Å². The highest BCUT2D eigenvalue weighted by atomic mass is 16.2. The second kappa shape index (κ2) is 4.68. The number of amides is 2. The van der Waals surface area contributed by atoms with E-state index < -0.39 is 0 Å². The summed E-state index contributed by atoms with van der Waals surface area (Å²) in [5, 5.41) is 0. The Morgan fingerprint density at radius 3 is 2.32 bits per heavy atom. The van der Waals surface area contributed by atoms with E-state index >= 15 is 0 Å². The predicted molar refractivity (Wildman–Crippen MR) is 72.8 cm³/mol. The summed E-state index contributed by atoms with van der Waals surface area (Å²) < 4.78 is 0. The van der Waals surface area contributed by atoms with Gasteiger partial charge in [0, 0.05) is 11.7 Å². The molecule has 1 aromatic rings. The molecule has 0 saturated heterocycles. The van der Waals surface area contributed by atoms with E-state index in [4.69, 9.17) is 5.73 Å². The van der Waals surface area contributed by atoms with Gasteiger partial charge in [-0.1, -0.05) is 31.7 Å². The summed E-state index contributed by atoms with van der Waals surface area (Å²) in [6, 6.07) is 5.16. The number of nitrogens with two attached hydrogens (primary N) is 1. The Hall–Kier alpha value is -1.84. The van der Waals surface area contributed by atoms with Crippen molar-refractivity contribution in [2.24, 2.45) is 0 Å². The van der Waals surface area contributed by atoms with E-state index in [2.05, 4.69) is 0 Å². The largest absolute Gasteiger partial charge is 0.398 e. The molecule has 0 aromatic heterocycles. The Morgan fingerprint density at radius 2 is 1.68 bits per heavy atom. The second-order valence-corrected chi connectivity index (χ2v) is 5.40. The maximum Gasteiger partial charge on any atom is 0.263 e. The van der Waals surface area contributed by atoms with Gasteiger partial charge in [0.25, 0.3) is 11.8 Å². The van der Waals surface area contributed by atoms with Crippen molar-refractivity contribution >= 4 is 17.5 Å². The topological polar surface area (TPSA) is 63.4 Å². The fourth-order valence-electron chi connectivity index (χ4n) is 3.18. The average Bonchev–Trinajstić information content (AvgIpc) is 2.61. The van der Waals surface area contributed by atoms with Crippen LogP contribution in [0, 0.1) is 0 Å². The summed E-state index contributed by atoms with van der Waals surface area (Å²) in [7, 11) is 0. The molecule has 0 radical (unpaired) electrons. The molecule has 2 amide bonds. The number of imide groups is 1. The molecule has 0 atom stereocenters. The number of hydrogen-bond acceptors (Lipinski definition) is 3. The van der Waals surface area contributed by atoms with Gasteiger partial charge in [-0.05, 0) is 25.0 Å². The number of benzene rings is 1. The van der Waals surface area contributed by atoms with Crippen molar-refractivity contribution in [1.29, 1.82) is 0 Å². The second-order valence-electron chi connectivity index (χ2n) is 5.40. The van der Waals surface area contributed by atoms with E-state index in [-0.39, 0.29) is 17.9 Å². The van der Waals surface area contributed by atoms with Gasteiger partial charge in [0.1, 0.15) is 0 Å². The molecule has 3 rings (SSSR count). The molecule has 1 heterocycles. The van der Waals surface area contributed by atoms with Gasteiger partial charge in [0.05, 0.1) is 11.1 Å².